The summed E-state index contributed by atoms with van der Waals surface area (Å²) in [7, 11) is 1.62. The lowest BCUT2D eigenvalue weighted by Crippen LogP contribution is -2.48. The summed E-state index contributed by atoms with van der Waals surface area (Å²) in [5, 5.41) is 0.922. The molecule has 3 rings (SSSR count). The minimum Gasteiger partial charge on any atom is -0.497 e. The fourth-order valence-electron chi connectivity index (χ4n) is 3.24. The molecule has 0 unspecified atom stereocenters. The molecule has 0 spiro atoms. The van der Waals surface area contributed by atoms with Crippen LogP contribution >= 0.6 is 0 Å². The summed E-state index contributed by atoms with van der Waals surface area (Å²) < 4.78 is 5.21. The number of carbonyl (C=O) groups excluding carboxylic acids is 2. The number of hydrogen-bond acceptors (Lipinski definition) is 4. The Morgan fingerprint density at radius 2 is 2.08 bits per heavy atom. The van der Waals surface area contributed by atoms with Crippen LogP contribution in [0.4, 0.5) is 0 Å². The van der Waals surface area contributed by atoms with Gasteiger partial charge in [0, 0.05) is 18.4 Å². The van der Waals surface area contributed by atoms with Crippen molar-refractivity contribution >= 4 is 22.6 Å². The number of likely N-dealkylation sites (tertiary alicyclic amines) is 1. The lowest BCUT2D eigenvalue weighted by molar-refractivity contribution is -0.124. The fourth-order valence-corrected chi connectivity index (χ4v) is 3.24. The van der Waals surface area contributed by atoms with E-state index in [1.165, 1.54) is 0 Å². The average Bonchev–Trinajstić information content (AvgIpc) is 2.65. The van der Waals surface area contributed by atoms with E-state index in [-0.39, 0.29) is 17.7 Å². The largest absolute Gasteiger partial charge is 0.497 e. The van der Waals surface area contributed by atoms with Crippen LogP contribution < -0.4 is 4.74 Å². The summed E-state index contributed by atoms with van der Waals surface area (Å²) in [4.78, 5) is 31.2. The van der Waals surface area contributed by atoms with E-state index in [2.05, 4.69) is 4.98 Å². The van der Waals surface area contributed by atoms with Crippen LogP contribution in [0.1, 0.15) is 43.1 Å². The summed E-state index contributed by atoms with van der Waals surface area (Å²) >= 11 is 0. The summed E-state index contributed by atoms with van der Waals surface area (Å²) in [6.45, 7) is 2.47. The van der Waals surface area contributed by atoms with Gasteiger partial charge in [-0.15, -0.1) is 0 Å². The van der Waals surface area contributed by atoms with E-state index in [1.54, 1.807) is 18.1 Å². The van der Waals surface area contributed by atoms with Crippen LogP contribution in [0.2, 0.25) is 0 Å². The van der Waals surface area contributed by atoms with Gasteiger partial charge in [-0.25, -0.2) is 4.98 Å². The van der Waals surface area contributed by atoms with Crippen molar-refractivity contribution in [3.8, 4) is 5.75 Å². The molecule has 0 aliphatic carbocycles. The Bertz CT molecular complexity index is 772. The van der Waals surface area contributed by atoms with Crippen LogP contribution in [-0.4, -0.2) is 41.3 Å². The van der Waals surface area contributed by atoms with Gasteiger partial charge in [-0.2, -0.15) is 0 Å². The molecule has 2 heterocycles. The maximum atomic E-state index is 12.9. The maximum absolute atomic E-state index is 12.9. The minimum atomic E-state index is -0.301. The van der Waals surface area contributed by atoms with Crippen LogP contribution in [0.15, 0.2) is 30.3 Å². The zero-order valence-corrected chi connectivity index (χ0v) is 14.1. The van der Waals surface area contributed by atoms with Gasteiger partial charge in [0.2, 0.25) is 0 Å². The number of nitrogens with zero attached hydrogens (tertiary/aromatic N) is 2. The van der Waals surface area contributed by atoms with E-state index in [4.69, 9.17) is 4.74 Å². The number of aromatic nitrogens is 1. The first-order valence-corrected chi connectivity index (χ1v) is 8.42. The Morgan fingerprint density at radius 1 is 1.25 bits per heavy atom. The molecule has 0 N–H and O–H groups in total. The normalized spacial score (nSPS) is 17.8. The number of rotatable bonds is 4. The molecule has 0 radical (unpaired) electrons. The molecule has 0 saturated carbocycles. The first kappa shape index (κ1) is 16.4. The van der Waals surface area contributed by atoms with Gasteiger partial charge in [0.15, 0.2) is 5.78 Å². The SMILES string of the molecule is CCC(=O)[C@@H]1CCCCN1C(=O)c1ccc2cc(OC)ccc2n1. The highest BCUT2D eigenvalue weighted by molar-refractivity contribution is 5.98. The molecular weight excluding hydrogens is 304 g/mol. The van der Waals surface area contributed by atoms with E-state index in [1.807, 2.05) is 31.2 Å². The number of ether oxygens (including phenoxy) is 1. The molecular formula is C19H22N2O3. The first-order valence-electron chi connectivity index (χ1n) is 8.42. The molecule has 5 nitrogen and oxygen atoms in total. The highest BCUT2D eigenvalue weighted by Crippen LogP contribution is 2.23. The lowest BCUT2D eigenvalue weighted by atomic mass is 9.96. The van der Waals surface area contributed by atoms with Gasteiger partial charge in [0.25, 0.3) is 5.91 Å². The number of benzene rings is 1. The summed E-state index contributed by atoms with van der Waals surface area (Å²) in [6.07, 6.45) is 3.14. The predicted octanol–water partition coefficient (Wildman–Crippen LogP) is 3.22. The second kappa shape index (κ2) is 6.99. The molecule has 1 aromatic carbocycles. The number of amides is 1. The zero-order valence-electron chi connectivity index (χ0n) is 14.1. The molecule has 2 aromatic rings. The quantitative estimate of drug-likeness (QED) is 0.865. The van der Waals surface area contributed by atoms with Gasteiger partial charge in [-0.05, 0) is 43.5 Å². The molecule has 24 heavy (non-hydrogen) atoms. The van der Waals surface area contributed by atoms with Crippen LogP contribution in [0, 0.1) is 0 Å². The molecule has 1 aliphatic rings. The van der Waals surface area contributed by atoms with Crippen molar-refractivity contribution in [1.82, 2.24) is 9.88 Å². The Hall–Kier alpha value is -2.43. The third-order valence-corrected chi connectivity index (χ3v) is 4.60. The van der Waals surface area contributed by atoms with E-state index < -0.39 is 0 Å². The van der Waals surface area contributed by atoms with Crippen molar-refractivity contribution in [2.45, 2.75) is 38.6 Å². The number of hydrogen-bond donors (Lipinski definition) is 0. The van der Waals surface area contributed by atoms with Gasteiger partial charge in [-0.1, -0.05) is 13.0 Å². The number of piperidine rings is 1. The van der Waals surface area contributed by atoms with Gasteiger partial charge in [0.1, 0.15) is 11.4 Å². The molecule has 1 saturated heterocycles. The zero-order chi connectivity index (χ0) is 17.1. The van der Waals surface area contributed by atoms with E-state index in [9.17, 15) is 9.59 Å². The third kappa shape index (κ3) is 3.11. The number of ketones is 1. The fraction of sp³-hybridized carbons (Fsp3) is 0.421. The Morgan fingerprint density at radius 3 is 2.83 bits per heavy atom. The number of pyridine rings is 1. The van der Waals surface area contributed by atoms with Crippen LogP contribution in [0.5, 0.6) is 5.75 Å². The summed E-state index contributed by atoms with van der Waals surface area (Å²) in [6, 6.07) is 8.86. The molecule has 1 aliphatic heterocycles. The molecule has 1 fully saturated rings. The highest BCUT2D eigenvalue weighted by Gasteiger charge is 2.32. The number of Topliss-reactive ketones (excluding diaryl/α,β-unsaturated/α-hetero) is 1. The number of fused-ring (bicyclic) bond motifs is 1. The molecule has 126 valence electrons. The van der Waals surface area contributed by atoms with Crippen LogP contribution in [-0.2, 0) is 4.79 Å². The second-order valence-corrected chi connectivity index (χ2v) is 6.09. The van der Waals surface area contributed by atoms with E-state index in [0.717, 1.165) is 35.9 Å². The van der Waals surface area contributed by atoms with E-state index in [0.29, 0.717) is 18.7 Å². The van der Waals surface area contributed by atoms with Gasteiger partial charge in [0.05, 0.1) is 18.7 Å². The molecule has 1 atom stereocenters. The molecule has 5 heteroatoms. The topological polar surface area (TPSA) is 59.5 Å². The van der Waals surface area contributed by atoms with Crippen LogP contribution in [0.25, 0.3) is 10.9 Å². The maximum Gasteiger partial charge on any atom is 0.273 e. The van der Waals surface area contributed by atoms with Gasteiger partial charge >= 0.3 is 0 Å². The standard InChI is InChI=1S/C19H22N2O3/c1-3-18(22)17-6-4-5-11-21(17)19(23)16-9-7-13-12-14(24-2)8-10-15(13)20-16/h7-10,12,17H,3-6,11H2,1-2H3/t17-/m0/s1. The number of methoxy groups -OCH3 is 1. The Balaban J connectivity index is 1.90. The van der Waals surface area contributed by atoms with E-state index >= 15 is 0 Å². The average molecular weight is 326 g/mol. The van der Waals surface area contributed by atoms with Crippen molar-refractivity contribution in [2.24, 2.45) is 0 Å². The molecule has 0 bridgehead atoms. The second-order valence-electron chi connectivity index (χ2n) is 6.09. The number of carbonyl (C=O) groups is 2. The third-order valence-electron chi connectivity index (χ3n) is 4.60. The Kier molecular flexibility index (Phi) is 4.79. The summed E-state index contributed by atoms with van der Waals surface area (Å²) in [5.41, 5.74) is 1.14. The van der Waals surface area contributed by atoms with Crippen molar-refractivity contribution in [3.63, 3.8) is 0 Å². The van der Waals surface area contributed by atoms with Crippen LogP contribution in [0.3, 0.4) is 0 Å². The van der Waals surface area contributed by atoms with Gasteiger partial charge in [-0.3, -0.25) is 9.59 Å². The predicted molar refractivity (Wildman–Crippen MR) is 92.3 cm³/mol. The van der Waals surface area contributed by atoms with Crippen molar-refractivity contribution in [1.29, 1.82) is 0 Å². The van der Waals surface area contributed by atoms with Crippen molar-refractivity contribution in [3.05, 3.63) is 36.0 Å². The minimum absolute atomic E-state index is 0.133. The summed E-state index contributed by atoms with van der Waals surface area (Å²) in [5.74, 6) is 0.737. The first-order chi connectivity index (χ1) is 11.6. The Labute approximate surface area is 141 Å². The smallest absolute Gasteiger partial charge is 0.273 e. The van der Waals surface area contributed by atoms with Gasteiger partial charge < -0.3 is 9.64 Å². The highest BCUT2D eigenvalue weighted by atomic mass is 16.5. The molecule has 1 aromatic heterocycles. The molecule has 1 amide bonds. The lowest BCUT2D eigenvalue weighted by Gasteiger charge is -2.34. The van der Waals surface area contributed by atoms with Crippen molar-refractivity contribution < 1.29 is 14.3 Å². The monoisotopic (exact) mass is 326 g/mol. The van der Waals surface area contributed by atoms with Crippen molar-refractivity contribution in [2.75, 3.05) is 13.7 Å².